The van der Waals surface area contributed by atoms with Crippen LogP contribution in [0.3, 0.4) is 0 Å². The van der Waals surface area contributed by atoms with Gasteiger partial charge in [0.25, 0.3) is 5.88 Å². The summed E-state index contributed by atoms with van der Waals surface area (Å²) in [5, 5.41) is 4.14. The summed E-state index contributed by atoms with van der Waals surface area (Å²) in [6, 6.07) is 9.69. The van der Waals surface area contributed by atoms with Gasteiger partial charge in [-0.2, -0.15) is 0 Å². The molecule has 31 heavy (non-hydrogen) atoms. The number of ether oxygens (including phenoxy) is 1. The molecule has 2 aliphatic carbocycles. The molecule has 1 aromatic carbocycles. The number of rotatable bonds is 6. The van der Waals surface area contributed by atoms with Crippen molar-refractivity contribution in [2.24, 2.45) is 23.2 Å². The van der Waals surface area contributed by atoms with Gasteiger partial charge in [0.15, 0.2) is 17.3 Å². The smallest absolute Gasteiger partial charge is 0.265 e. The zero-order valence-electron chi connectivity index (χ0n) is 18.8. The van der Waals surface area contributed by atoms with Crippen molar-refractivity contribution < 1.29 is 18.8 Å². The van der Waals surface area contributed by atoms with Gasteiger partial charge in [0.05, 0.1) is 5.41 Å². The molecule has 2 aromatic rings. The van der Waals surface area contributed by atoms with E-state index in [1.165, 1.54) is 0 Å². The Hall–Kier alpha value is -2.73. The van der Waals surface area contributed by atoms with Crippen LogP contribution < -0.4 is 4.74 Å². The molecule has 0 saturated carbocycles. The number of allylic oxidation sites excluding steroid dienone is 1. The van der Waals surface area contributed by atoms with Crippen molar-refractivity contribution in [2.75, 3.05) is 20.6 Å². The standard InChI is InChI=1S/C25H30N2O4/c1-15(2)19-21-17(13-27(4)5)11-12-18(28)25(21,3)23(29)20-22(19)31-26-24(20)30-14-16-9-7-6-8-10-16/h6-12,15,17,19,21H,13-14H2,1-5H3. The zero-order valence-corrected chi connectivity index (χ0v) is 18.8. The Bertz CT molecular complexity index is 1010. The second kappa shape index (κ2) is 8.08. The molecule has 0 amide bonds. The predicted octanol–water partition coefficient (Wildman–Crippen LogP) is 4.13. The van der Waals surface area contributed by atoms with Crippen molar-refractivity contribution in [3.05, 3.63) is 59.4 Å². The van der Waals surface area contributed by atoms with Crippen molar-refractivity contribution in [2.45, 2.75) is 33.3 Å². The number of aromatic nitrogens is 1. The molecule has 4 unspecified atom stereocenters. The van der Waals surface area contributed by atoms with Gasteiger partial charge in [0.2, 0.25) is 0 Å². The number of carbonyl (C=O) groups excluding carboxylic acids is 2. The van der Waals surface area contributed by atoms with Gasteiger partial charge in [0.1, 0.15) is 12.2 Å². The van der Waals surface area contributed by atoms with E-state index in [9.17, 15) is 9.59 Å². The second-order valence-electron chi connectivity index (χ2n) is 9.48. The fourth-order valence-electron chi connectivity index (χ4n) is 5.27. The first kappa shape index (κ1) is 21.5. The number of carbonyl (C=O) groups is 2. The first-order valence-electron chi connectivity index (χ1n) is 10.8. The summed E-state index contributed by atoms with van der Waals surface area (Å²) in [5.41, 5.74) is 0.142. The van der Waals surface area contributed by atoms with Gasteiger partial charge in [0, 0.05) is 12.5 Å². The third kappa shape index (κ3) is 3.53. The Morgan fingerprint density at radius 2 is 1.90 bits per heavy atom. The molecule has 6 nitrogen and oxygen atoms in total. The first-order valence-corrected chi connectivity index (χ1v) is 10.8. The molecule has 6 heteroatoms. The zero-order chi connectivity index (χ0) is 22.3. The molecule has 2 aliphatic rings. The summed E-state index contributed by atoms with van der Waals surface area (Å²) in [6.45, 7) is 7.03. The van der Waals surface area contributed by atoms with E-state index in [1.54, 1.807) is 13.0 Å². The highest BCUT2D eigenvalue weighted by molar-refractivity contribution is 6.20. The van der Waals surface area contributed by atoms with E-state index >= 15 is 0 Å². The average molecular weight is 423 g/mol. The lowest BCUT2D eigenvalue weighted by molar-refractivity contribution is -0.126. The number of fused-ring (bicyclic) bond motifs is 2. The Morgan fingerprint density at radius 3 is 2.55 bits per heavy atom. The monoisotopic (exact) mass is 422 g/mol. The largest absolute Gasteiger partial charge is 0.470 e. The Morgan fingerprint density at radius 1 is 1.19 bits per heavy atom. The maximum Gasteiger partial charge on any atom is 0.265 e. The molecule has 0 aliphatic heterocycles. The molecule has 1 heterocycles. The minimum Gasteiger partial charge on any atom is -0.470 e. The van der Waals surface area contributed by atoms with Gasteiger partial charge >= 0.3 is 0 Å². The fraction of sp³-hybridized carbons (Fsp3) is 0.480. The molecule has 4 rings (SSSR count). The van der Waals surface area contributed by atoms with Crippen LogP contribution in [0.5, 0.6) is 5.88 Å². The Kier molecular flexibility index (Phi) is 5.60. The van der Waals surface area contributed by atoms with Crippen molar-refractivity contribution in [3.63, 3.8) is 0 Å². The summed E-state index contributed by atoms with van der Waals surface area (Å²) in [4.78, 5) is 29.1. The molecule has 0 saturated heterocycles. The summed E-state index contributed by atoms with van der Waals surface area (Å²) < 4.78 is 11.7. The number of nitrogens with zero attached hydrogens (tertiary/aromatic N) is 2. The van der Waals surface area contributed by atoms with Crippen molar-refractivity contribution >= 4 is 11.6 Å². The van der Waals surface area contributed by atoms with E-state index in [-0.39, 0.29) is 47.7 Å². The third-order valence-corrected chi connectivity index (χ3v) is 6.72. The number of Topliss-reactive ketones (excluding diaryl/α,β-unsaturated/α-hetero) is 1. The molecule has 4 atom stereocenters. The van der Waals surface area contributed by atoms with Crippen molar-refractivity contribution in [3.8, 4) is 5.88 Å². The van der Waals surface area contributed by atoms with Crippen LogP contribution in [-0.2, 0) is 11.4 Å². The summed E-state index contributed by atoms with van der Waals surface area (Å²) in [7, 11) is 4.01. The van der Waals surface area contributed by atoms with Crippen LogP contribution in [0, 0.1) is 23.2 Å². The van der Waals surface area contributed by atoms with E-state index < -0.39 is 5.41 Å². The highest BCUT2D eigenvalue weighted by atomic mass is 16.5. The summed E-state index contributed by atoms with van der Waals surface area (Å²) in [6.07, 6.45) is 3.55. The third-order valence-electron chi connectivity index (χ3n) is 6.72. The predicted molar refractivity (Wildman–Crippen MR) is 117 cm³/mol. The Balaban J connectivity index is 1.78. The lowest BCUT2D eigenvalue weighted by Crippen LogP contribution is -2.55. The molecule has 0 spiro atoms. The maximum atomic E-state index is 13.8. The number of benzene rings is 1. The highest BCUT2D eigenvalue weighted by Gasteiger charge is 2.61. The normalized spacial score (nSPS) is 27.5. The minimum absolute atomic E-state index is 0.0565. The molecule has 0 N–H and O–H groups in total. The summed E-state index contributed by atoms with van der Waals surface area (Å²) in [5.74, 6) is 0.255. The minimum atomic E-state index is -1.16. The number of hydrogen-bond donors (Lipinski definition) is 0. The summed E-state index contributed by atoms with van der Waals surface area (Å²) >= 11 is 0. The molecular weight excluding hydrogens is 392 g/mol. The maximum absolute atomic E-state index is 13.8. The van der Waals surface area contributed by atoms with Crippen LogP contribution in [-0.4, -0.2) is 42.3 Å². The van der Waals surface area contributed by atoms with E-state index in [4.69, 9.17) is 9.26 Å². The molecule has 0 bridgehead atoms. The van der Waals surface area contributed by atoms with Gasteiger partial charge in [-0.05, 0) is 55.6 Å². The van der Waals surface area contributed by atoms with Gasteiger partial charge < -0.3 is 14.2 Å². The molecule has 1 aromatic heterocycles. The quantitative estimate of drug-likeness (QED) is 0.652. The van der Waals surface area contributed by atoms with E-state index in [1.807, 2.05) is 50.5 Å². The van der Waals surface area contributed by atoms with E-state index in [0.29, 0.717) is 11.3 Å². The van der Waals surface area contributed by atoms with Crippen LogP contribution in [0.2, 0.25) is 0 Å². The van der Waals surface area contributed by atoms with Crippen LogP contribution in [0.1, 0.15) is 48.4 Å². The SMILES string of the molecule is CC(C)C1c2onc(OCc3ccccc3)c2C(=O)C2(C)C(=O)C=CC(CN(C)C)C12. The van der Waals surface area contributed by atoms with Crippen molar-refractivity contribution in [1.82, 2.24) is 10.1 Å². The average Bonchev–Trinajstić information content (AvgIpc) is 3.14. The molecule has 0 radical (unpaired) electrons. The van der Waals surface area contributed by atoms with Crippen LogP contribution in [0.15, 0.2) is 47.0 Å². The highest BCUT2D eigenvalue weighted by Crippen LogP contribution is 2.57. The van der Waals surface area contributed by atoms with Gasteiger partial charge in [-0.15, -0.1) is 0 Å². The number of hydrogen-bond acceptors (Lipinski definition) is 6. The van der Waals surface area contributed by atoms with Crippen LogP contribution in [0.4, 0.5) is 0 Å². The van der Waals surface area contributed by atoms with Gasteiger partial charge in [-0.3, -0.25) is 9.59 Å². The van der Waals surface area contributed by atoms with Gasteiger partial charge in [-0.1, -0.05) is 50.3 Å². The Labute approximate surface area is 183 Å². The first-order chi connectivity index (χ1) is 14.7. The van der Waals surface area contributed by atoms with Crippen LogP contribution in [0.25, 0.3) is 0 Å². The van der Waals surface area contributed by atoms with Crippen molar-refractivity contribution in [1.29, 1.82) is 0 Å². The number of ketones is 2. The molecule has 0 fully saturated rings. The van der Waals surface area contributed by atoms with Crippen LogP contribution >= 0.6 is 0 Å². The molecule has 164 valence electrons. The topological polar surface area (TPSA) is 72.6 Å². The lowest BCUT2D eigenvalue weighted by atomic mass is 9.52. The lowest BCUT2D eigenvalue weighted by Gasteiger charge is -2.48. The molecular formula is C25H30N2O4. The van der Waals surface area contributed by atoms with E-state index in [2.05, 4.69) is 23.9 Å². The van der Waals surface area contributed by atoms with Gasteiger partial charge in [-0.25, -0.2) is 0 Å². The fourth-order valence-corrected chi connectivity index (χ4v) is 5.27. The van der Waals surface area contributed by atoms with E-state index in [0.717, 1.165) is 12.1 Å². The second-order valence-corrected chi connectivity index (χ2v) is 9.48.